The van der Waals surface area contributed by atoms with Gasteiger partial charge in [-0.1, -0.05) is 24.3 Å². The van der Waals surface area contributed by atoms with E-state index >= 15 is 0 Å². The van der Waals surface area contributed by atoms with Crippen molar-refractivity contribution in [1.29, 1.82) is 0 Å². The number of Topliss-reactive ketones (excluding diaryl/α,β-unsaturated/α-hetero) is 1. The SMILES string of the molecule is CC(C)Oc1cccc(C(=O)C2CCCN(Cc3ccc(N4CCNC4=O)cc3)C2)c1. The molecule has 0 bridgehead atoms. The molecule has 164 valence electrons. The van der Waals surface area contributed by atoms with E-state index in [9.17, 15) is 9.59 Å². The first-order valence-electron chi connectivity index (χ1n) is 11.2. The zero-order valence-electron chi connectivity index (χ0n) is 18.3. The zero-order valence-corrected chi connectivity index (χ0v) is 18.3. The number of nitrogens with zero attached hydrogens (tertiary/aromatic N) is 2. The fraction of sp³-hybridized carbons (Fsp3) is 0.440. The van der Waals surface area contributed by atoms with Gasteiger partial charge in [-0.05, 0) is 63.1 Å². The van der Waals surface area contributed by atoms with E-state index in [1.54, 1.807) is 4.90 Å². The number of urea groups is 1. The standard InChI is InChI=1S/C25H31N3O3/c1-18(2)31-23-7-3-5-20(15-23)24(29)21-6-4-13-27(17-21)16-19-8-10-22(11-9-19)28-14-12-26-25(28)30/h3,5,7-11,15,18,21H,4,6,12-14,16-17H2,1-2H3,(H,26,30). The van der Waals surface area contributed by atoms with Crippen LogP contribution in [-0.2, 0) is 6.54 Å². The average molecular weight is 422 g/mol. The number of benzene rings is 2. The van der Waals surface area contributed by atoms with Gasteiger partial charge < -0.3 is 10.1 Å². The Morgan fingerprint density at radius 2 is 1.97 bits per heavy atom. The number of carbonyl (C=O) groups excluding carboxylic acids is 2. The van der Waals surface area contributed by atoms with Crippen LogP contribution in [0.15, 0.2) is 48.5 Å². The summed E-state index contributed by atoms with van der Waals surface area (Å²) < 4.78 is 5.75. The average Bonchev–Trinajstić information content (AvgIpc) is 3.19. The number of rotatable bonds is 7. The van der Waals surface area contributed by atoms with E-state index < -0.39 is 0 Å². The monoisotopic (exact) mass is 421 g/mol. The number of likely N-dealkylation sites (tertiary alicyclic amines) is 1. The van der Waals surface area contributed by atoms with Crippen molar-refractivity contribution in [2.24, 2.45) is 5.92 Å². The summed E-state index contributed by atoms with van der Waals surface area (Å²) in [6.07, 6.45) is 2.03. The van der Waals surface area contributed by atoms with Crippen LogP contribution in [0.4, 0.5) is 10.5 Å². The second-order valence-corrected chi connectivity index (χ2v) is 8.68. The second-order valence-electron chi connectivity index (χ2n) is 8.68. The van der Waals surface area contributed by atoms with Crippen molar-refractivity contribution in [3.63, 3.8) is 0 Å². The lowest BCUT2D eigenvalue weighted by atomic mass is 9.89. The number of carbonyl (C=O) groups is 2. The molecule has 2 aromatic rings. The number of piperidine rings is 1. The molecule has 2 heterocycles. The number of nitrogens with one attached hydrogen (secondary N) is 1. The fourth-order valence-electron chi connectivity index (χ4n) is 4.40. The molecule has 6 nitrogen and oxygen atoms in total. The maximum absolute atomic E-state index is 13.1. The highest BCUT2D eigenvalue weighted by Crippen LogP contribution is 2.25. The van der Waals surface area contributed by atoms with Crippen molar-refractivity contribution < 1.29 is 14.3 Å². The number of hydrogen-bond acceptors (Lipinski definition) is 4. The molecular weight excluding hydrogens is 390 g/mol. The molecule has 6 heteroatoms. The molecule has 1 unspecified atom stereocenters. The molecule has 4 rings (SSSR count). The van der Waals surface area contributed by atoms with Crippen molar-refractivity contribution >= 4 is 17.5 Å². The molecule has 2 saturated heterocycles. The van der Waals surface area contributed by atoms with Crippen LogP contribution in [0.2, 0.25) is 0 Å². The van der Waals surface area contributed by atoms with Crippen LogP contribution >= 0.6 is 0 Å². The molecule has 0 saturated carbocycles. The van der Waals surface area contributed by atoms with Crippen LogP contribution in [-0.4, -0.2) is 49.0 Å². The molecule has 31 heavy (non-hydrogen) atoms. The van der Waals surface area contributed by atoms with Gasteiger partial charge in [-0.2, -0.15) is 0 Å². The highest BCUT2D eigenvalue weighted by Gasteiger charge is 2.27. The molecule has 1 atom stereocenters. The van der Waals surface area contributed by atoms with Gasteiger partial charge in [0.05, 0.1) is 6.10 Å². The Balaban J connectivity index is 1.37. The van der Waals surface area contributed by atoms with Crippen molar-refractivity contribution in [2.45, 2.75) is 39.3 Å². The van der Waals surface area contributed by atoms with E-state index in [0.717, 1.165) is 49.5 Å². The molecule has 0 spiro atoms. The summed E-state index contributed by atoms with van der Waals surface area (Å²) in [4.78, 5) is 29.1. The third-order valence-electron chi connectivity index (χ3n) is 5.88. The first-order chi connectivity index (χ1) is 15.0. The van der Waals surface area contributed by atoms with E-state index in [-0.39, 0.29) is 23.8 Å². The first kappa shape index (κ1) is 21.4. The van der Waals surface area contributed by atoms with Crippen LogP contribution in [0.5, 0.6) is 5.75 Å². The summed E-state index contributed by atoms with van der Waals surface area (Å²) in [6.45, 7) is 7.95. The van der Waals surface area contributed by atoms with Gasteiger partial charge in [-0.25, -0.2) is 4.79 Å². The molecule has 0 radical (unpaired) electrons. The zero-order chi connectivity index (χ0) is 21.8. The van der Waals surface area contributed by atoms with Gasteiger partial charge in [-0.15, -0.1) is 0 Å². The highest BCUT2D eigenvalue weighted by atomic mass is 16.5. The largest absolute Gasteiger partial charge is 0.491 e. The lowest BCUT2D eigenvalue weighted by molar-refractivity contribution is 0.0811. The van der Waals surface area contributed by atoms with Crippen LogP contribution in [0.1, 0.15) is 42.6 Å². The Morgan fingerprint density at radius 3 is 2.68 bits per heavy atom. The van der Waals surface area contributed by atoms with E-state index in [1.807, 2.05) is 50.2 Å². The van der Waals surface area contributed by atoms with E-state index in [4.69, 9.17) is 4.74 Å². The smallest absolute Gasteiger partial charge is 0.321 e. The Hall–Kier alpha value is -2.86. The quantitative estimate of drug-likeness (QED) is 0.684. The summed E-state index contributed by atoms with van der Waals surface area (Å²) in [5.74, 6) is 0.963. The first-order valence-corrected chi connectivity index (χ1v) is 11.2. The molecule has 0 aromatic heterocycles. The summed E-state index contributed by atoms with van der Waals surface area (Å²) in [5.41, 5.74) is 2.86. The summed E-state index contributed by atoms with van der Waals surface area (Å²) in [6, 6.07) is 15.7. The number of ketones is 1. The van der Waals surface area contributed by atoms with Crippen LogP contribution in [0.3, 0.4) is 0 Å². The van der Waals surface area contributed by atoms with Gasteiger partial charge in [0.1, 0.15) is 5.75 Å². The van der Waals surface area contributed by atoms with Crippen molar-refractivity contribution in [2.75, 3.05) is 31.1 Å². The van der Waals surface area contributed by atoms with Gasteiger partial charge in [0.15, 0.2) is 5.78 Å². The lowest BCUT2D eigenvalue weighted by Crippen LogP contribution is -2.38. The molecular formula is C25H31N3O3. The number of amides is 2. The minimum atomic E-state index is -0.0343. The molecule has 2 amide bonds. The Kier molecular flexibility index (Phi) is 6.56. The fourth-order valence-corrected chi connectivity index (χ4v) is 4.40. The lowest BCUT2D eigenvalue weighted by Gasteiger charge is -2.32. The highest BCUT2D eigenvalue weighted by molar-refractivity contribution is 5.98. The second kappa shape index (κ2) is 9.52. The van der Waals surface area contributed by atoms with Gasteiger partial charge in [0.2, 0.25) is 0 Å². The number of anilines is 1. The number of hydrogen-bond donors (Lipinski definition) is 1. The topological polar surface area (TPSA) is 61.9 Å². The van der Waals surface area contributed by atoms with Crippen molar-refractivity contribution in [1.82, 2.24) is 10.2 Å². The third kappa shape index (κ3) is 5.25. The summed E-state index contributed by atoms with van der Waals surface area (Å²) in [7, 11) is 0. The van der Waals surface area contributed by atoms with Gasteiger partial charge in [-0.3, -0.25) is 14.6 Å². The van der Waals surface area contributed by atoms with E-state index in [0.29, 0.717) is 13.1 Å². The van der Waals surface area contributed by atoms with Gasteiger partial charge >= 0.3 is 6.03 Å². The molecule has 2 aliphatic heterocycles. The minimum Gasteiger partial charge on any atom is -0.491 e. The van der Waals surface area contributed by atoms with Crippen LogP contribution < -0.4 is 15.0 Å². The maximum Gasteiger partial charge on any atom is 0.321 e. The maximum atomic E-state index is 13.1. The summed E-state index contributed by atoms with van der Waals surface area (Å²) >= 11 is 0. The number of ether oxygens (including phenoxy) is 1. The summed E-state index contributed by atoms with van der Waals surface area (Å²) in [5, 5.41) is 2.83. The molecule has 2 aromatic carbocycles. The van der Waals surface area contributed by atoms with Crippen molar-refractivity contribution in [3.8, 4) is 5.75 Å². The van der Waals surface area contributed by atoms with Crippen LogP contribution in [0, 0.1) is 5.92 Å². The predicted molar refractivity (Wildman–Crippen MR) is 122 cm³/mol. The third-order valence-corrected chi connectivity index (χ3v) is 5.88. The predicted octanol–water partition coefficient (Wildman–Crippen LogP) is 4.10. The van der Waals surface area contributed by atoms with E-state index in [1.165, 1.54) is 5.56 Å². The Bertz CT molecular complexity index is 926. The van der Waals surface area contributed by atoms with Gasteiger partial charge in [0.25, 0.3) is 0 Å². The molecule has 1 N–H and O–H groups in total. The molecule has 0 aliphatic carbocycles. The Morgan fingerprint density at radius 1 is 1.16 bits per heavy atom. The Labute approximate surface area is 184 Å². The molecule has 2 fully saturated rings. The van der Waals surface area contributed by atoms with Crippen LogP contribution in [0.25, 0.3) is 0 Å². The van der Waals surface area contributed by atoms with Gasteiger partial charge in [0, 0.05) is 43.3 Å². The normalized spacial score (nSPS) is 19.5. The van der Waals surface area contributed by atoms with E-state index in [2.05, 4.69) is 22.3 Å². The minimum absolute atomic E-state index is 0.00983. The molecule has 2 aliphatic rings. The van der Waals surface area contributed by atoms with Crippen molar-refractivity contribution in [3.05, 3.63) is 59.7 Å².